The molecule has 0 aliphatic heterocycles. The lowest BCUT2D eigenvalue weighted by Crippen LogP contribution is -2.49. The van der Waals surface area contributed by atoms with Gasteiger partial charge >= 0.3 is 0 Å². The van der Waals surface area contributed by atoms with Gasteiger partial charge in [-0.1, -0.05) is 0 Å². The highest BCUT2D eigenvalue weighted by Crippen LogP contribution is 2.02. The molecule has 0 saturated heterocycles. The highest BCUT2D eigenvalue weighted by Gasteiger charge is 2.26. The van der Waals surface area contributed by atoms with Gasteiger partial charge in [0.25, 0.3) is 0 Å². The molecular formula is C7H17NO4. The van der Waals surface area contributed by atoms with Crippen molar-refractivity contribution in [2.45, 2.75) is 31.3 Å². The fourth-order valence-electron chi connectivity index (χ4n) is 0.830. The summed E-state index contributed by atoms with van der Waals surface area (Å²) < 4.78 is 4.68. The van der Waals surface area contributed by atoms with E-state index in [2.05, 4.69) is 4.74 Å². The highest BCUT2D eigenvalue weighted by atomic mass is 16.5. The number of rotatable bonds is 5. The van der Waals surface area contributed by atoms with E-state index in [0.29, 0.717) is 0 Å². The molecule has 0 aromatic heterocycles. The van der Waals surface area contributed by atoms with E-state index in [1.165, 1.54) is 14.0 Å². The molecular weight excluding hydrogens is 162 g/mol. The number of aliphatic hydroxyl groups excluding tert-OH is 3. The van der Waals surface area contributed by atoms with Gasteiger partial charge in [0, 0.05) is 7.11 Å². The van der Waals surface area contributed by atoms with Crippen LogP contribution in [0.15, 0.2) is 0 Å². The van der Waals surface area contributed by atoms with Crippen LogP contribution < -0.4 is 5.73 Å². The van der Waals surface area contributed by atoms with E-state index in [1.807, 2.05) is 0 Å². The van der Waals surface area contributed by atoms with Gasteiger partial charge in [-0.05, 0) is 6.92 Å². The van der Waals surface area contributed by atoms with Crippen molar-refractivity contribution in [2.24, 2.45) is 5.73 Å². The van der Waals surface area contributed by atoms with Gasteiger partial charge in [0.05, 0.1) is 24.9 Å². The number of methoxy groups -OCH3 is 1. The van der Waals surface area contributed by atoms with Crippen molar-refractivity contribution in [1.82, 2.24) is 0 Å². The van der Waals surface area contributed by atoms with Crippen LogP contribution in [0.2, 0.25) is 0 Å². The Labute approximate surface area is 71.8 Å². The molecule has 5 nitrogen and oxygen atoms in total. The van der Waals surface area contributed by atoms with E-state index in [4.69, 9.17) is 15.9 Å². The van der Waals surface area contributed by atoms with Crippen LogP contribution >= 0.6 is 0 Å². The normalized spacial score (nSPS) is 21.5. The van der Waals surface area contributed by atoms with Gasteiger partial charge in [-0.2, -0.15) is 0 Å². The molecule has 5 N–H and O–H groups in total. The number of hydrogen-bond acceptors (Lipinski definition) is 5. The summed E-state index contributed by atoms with van der Waals surface area (Å²) in [5.74, 6) is 0. The van der Waals surface area contributed by atoms with E-state index < -0.39 is 24.4 Å². The highest BCUT2D eigenvalue weighted by molar-refractivity contribution is 4.81. The first kappa shape index (κ1) is 11.8. The van der Waals surface area contributed by atoms with Gasteiger partial charge in [-0.15, -0.1) is 0 Å². The van der Waals surface area contributed by atoms with Crippen molar-refractivity contribution in [1.29, 1.82) is 0 Å². The molecule has 4 unspecified atom stereocenters. The van der Waals surface area contributed by atoms with Crippen LogP contribution in [0.3, 0.4) is 0 Å². The van der Waals surface area contributed by atoms with Gasteiger partial charge in [0.2, 0.25) is 0 Å². The maximum atomic E-state index is 9.27. The molecule has 0 rings (SSSR count). The van der Waals surface area contributed by atoms with Gasteiger partial charge < -0.3 is 25.8 Å². The molecule has 5 heteroatoms. The lowest BCUT2D eigenvalue weighted by Gasteiger charge is -2.24. The van der Waals surface area contributed by atoms with Crippen molar-refractivity contribution < 1.29 is 20.1 Å². The molecule has 0 heterocycles. The Morgan fingerprint density at radius 2 is 1.75 bits per heavy atom. The third-order valence-corrected chi connectivity index (χ3v) is 1.64. The Morgan fingerprint density at radius 3 is 2.08 bits per heavy atom. The molecule has 0 spiro atoms. The van der Waals surface area contributed by atoms with Crippen LogP contribution in [0, 0.1) is 0 Å². The predicted octanol–water partition coefficient (Wildman–Crippen LogP) is -1.94. The van der Waals surface area contributed by atoms with Crippen molar-refractivity contribution in [3.05, 3.63) is 0 Å². The third-order valence-electron chi connectivity index (χ3n) is 1.64. The van der Waals surface area contributed by atoms with Crippen LogP contribution in [-0.4, -0.2) is 53.4 Å². The van der Waals surface area contributed by atoms with E-state index in [0.717, 1.165) is 0 Å². The van der Waals surface area contributed by atoms with Crippen LogP contribution in [-0.2, 0) is 4.74 Å². The minimum atomic E-state index is -1.23. The first-order valence-corrected chi connectivity index (χ1v) is 3.79. The maximum Gasteiger partial charge on any atom is 0.107 e. The van der Waals surface area contributed by atoms with E-state index in [1.54, 1.807) is 0 Å². The van der Waals surface area contributed by atoms with Crippen molar-refractivity contribution in [3.8, 4) is 0 Å². The van der Waals surface area contributed by atoms with Gasteiger partial charge in [0.1, 0.15) is 6.10 Å². The molecule has 0 aromatic rings. The van der Waals surface area contributed by atoms with Crippen molar-refractivity contribution in [3.63, 3.8) is 0 Å². The number of nitrogens with two attached hydrogens (primary N) is 1. The largest absolute Gasteiger partial charge is 0.391 e. The zero-order chi connectivity index (χ0) is 9.72. The lowest BCUT2D eigenvalue weighted by molar-refractivity contribution is -0.0683. The fraction of sp³-hybridized carbons (Fsp3) is 1.00. The molecule has 0 radical (unpaired) electrons. The van der Waals surface area contributed by atoms with Crippen LogP contribution in [0.1, 0.15) is 6.92 Å². The number of hydrogen-bond donors (Lipinski definition) is 4. The summed E-state index contributed by atoms with van der Waals surface area (Å²) in [5.41, 5.74) is 5.42. The summed E-state index contributed by atoms with van der Waals surface area (Å²) in [7, 11) is 1.45. The predicted molar refractivity (Wildman–Crippen MR) is 43.5 cm³/mol. The van der Waals surface area contributed by atoms with E-state index in [9.17, 15) is 5.11 Å². The summed E-state index contributed by atoms with van der Waals surface area (Å²) in [4.78, 5) is 0. The molecule has 0 fully saturated rings. The monoisotopic (exact) mass is 179 g/mol. The first-order valence-electron chi connectivity index (χ1n) is 3.79. The summed E-state index contributed by atoms with van der Waals surface area (Å²) in [6.45, 7) is 1.53. The molecule has 0 aliphatic rings. The van der Waals surface area contributed by atoms with E-state index >= 15 is 0 Å². The van der Waals surface area contributed by atoms with Crippen LogP contribution in [0.5, 0.6) is 0 Å². The lowest BCUT2D eigenvalue weighted by atomic mass is 10.0. The molecule has 0 saturated carbocycles. The van der Waals surface area contributed by atoms with Crippen molar-refractivity contribution >= 4 is 0 Å². The standard InChI is InChI=1S/C7H17NO4/c1-4(9)6(10)7(11)5(8)3-12-2/h4-7,9-11H,3,8H2,1-2H3. The summed E-state index contributed by atoms with van der Waals surface area (Å²) in [6, 6.07) is -0.681. The Hall–Kier alpha value is -0.200. The van der Waals surface area contributed by atoms with Gasteiger partial charge in [-0.25, -0.2) is 0 Å². The zero-order valence-electron chi connectivity index (χ0n) is 7.34. The molecule has 4 atom stereocenters. The average Bonchev–Trinajstić information content (AvgIpc) is 2.02. The second-order valence-electron chi connectivity index (χ2n) is 2.84. The quantitative estimate of drug-likeness (QED) is 0.394. The fourth-order valence-corrected chi connectivity index (χ4v) is 0.830. The Morgan fingerprint density at radius 1 is 1.25 bits per heavy atom. The number of ether oxygens (including phenoxy) is 1. The Balaban J connectivity index is 3.90. The summed E-state index contributed by atoms with van der Waals surface area (Å²) >= 11 is 0. The minimum Gasteiger partial charge on any atom is -0.391 e. The SMILES string of the molecule is COCC(N)C(O)C(O)C(C)O. The topological polar surface area (TPSA) is 95.9 Å². The van der Waals surface area contributed by atoms with Gasteiger partial charge in [-0.3, -0.25) is 0 Å². The zero-order valence-corrected chi connectivity index (χ0v) is 7.34. The second-order valence-corrected chi connectivity index (χ2v) is 2.84. The Kier molecular flexibility index (Phi) is 5.36. The molecule has 0 aliphatic carbocycles. The molecule has 12 heavy (non-hydrogen) atoms. The third kappa shape index (κ3) is 3.46. The summed E-state index contributed by atoms with van der Waals surface area (Å²) in [5, 5.41) is 27.3. The minimum absolute atomic E-state index is 0.144. The van der Waals surface area contributed by atoms with Crippen LogP contribution in [0.25, 0.3) is 0 Å². The van der Waals surface area contributed by atoms with Crippen molar-refractivity contribution in [2.75, 3.05) is 13.7 Å². The molecule has 0 bridgehead atoms. The average molecular weight is 179 g/mol. The second kappa shape index (κ2) is 5.45. The number of aliphatic hydroxyl groups is 3. The van der Waals surface area contributed by atoms with Crippen LogP contribution in [0.4, 0.5) is 0 Å². The first-order chi connectivity index (χ1) is 5.50. The molecule has 0 aromatic carbocycles. The Bertz CT molecular complexity index is 120. The maximum absolute atomic E-state index is 9.27. The smallest absolute Gasteiger partial charge is 0.107 e. The molecule has 74 valence electrons. The molecule has 0 amide bonds. The van der Waals surface area contributed by atoms with Gasteiger partial charge in [0.15, 0.2) is 0 Å². The van der Waals surface area contributed by atoms with E-state index in [-0.39, 0.29) is 6.61 Å². The summed E-state index contributed by atoms with van der Waals surface area (Å²) in [6.07, 6.45) is -3.39.